The van der Waals surface area contributed by atoms with Crippen LogP contribution in [0.4, 0.5) is 0 Å². The molecule has 1 atom stereocenters. The van der Waals surface area contributed by atoms with Gasteiger partial charge in [-0.15, -0.1) is 0 Å². The number of nitrogens with zero attached hydrogens (tertiary/aromatic N) is 1. The molecule has 2 fully saturated rings. The van der Waals surface area contributed by atoms with Crippen molar-refractivity contribution in [2.75, 3.05) is 27.2 Å². The Balaban J connectivity index is 1.64. The molecule has 1 N–H and O–H groups in total. The van der Waals surface area contributed by atoms with Crippen molar-refractivity contribution in [3.8, 4) is 0 Å². The van der Waals surface area contributed by atoms with Crippen molar-refractivity contribution in [3.05, 3.63) is 0 Å². The predicted molar refractivity (Wildman–Crippen MR) is 71.3 cm³/mol. The zero-order valence-corrected chi connectivity index (χ0v) is 11.5. The minimum Gasteiger partial charge on any atom is -0.378 e. The number of rotatable bonds is 5. The fraction of sp³-hybridized carbons (Fsp3) is 1.00. The number of hydrogen-bond donors (Lipinski definition) is 1. The lowest BCUT2D eigenvalue weighted by Gasteiger charge is -2.35. The Kier molecular flexibility index (Phi) is 5.26. The Bertz CT molecular complexity index is 208. The lowest BCUT2D eigenvalue weighted by molar-refractivity contribution is 0.0845. The quantitative estimate of drug-likeness (QED) is 0.795. The molecule has 0 aromatic rings. The molecule has 3 nitrogen and oxygen atoms in total. The molecular formula is C14H28N2O. The maximum absolute atomic E-state index is 5.69. The van der Waals surface area contributed by atoms with Crippen LogP contribution in [0.2, 0.25) is 0 Å². The molecular weight excluding hydrogens is 212 g/mol. The van der Waals surface area contributed by atoms with E-state index in [1.165, 1.54) is 51.5 Å². The zero-order valence-electron chi connectivity index (χ0n) is 11.5. The van der Waals surface area contributed by atoms with Crippen LogP contribution in [0, 0.1) is 0 Å². The van der Waals surface area contributed by atoms with E-state index in [1.54, 1.807) is 0 Å². The maximum Gasteiger partial charge on any atom is 0.0588 e. The Labute approximate surface area is 106 Å². The van der Waals surface area contributed by atoms with Crippen LogP contribution < -0.4 is 5.32 Å². The van der Waals surface area contributed by atoms with Gasteiger partial charge in [0.25, 0.3) is 0 Å². The monoisotopic (exact) mass is 240 g/mol. The third-order valence-electron chi connectivity index (χ3n) is 4.56. The fourth-order valence-corrected chi connectivity index (χ4v) is 3.21. The predicted octanol–water partition coefficient (Wildman–Crippen LogP) is 2.02. The molecule has 2 aliphatic rings. The summed E-state index contributed by atoms with van der Waals surface area (Å²) in [4.78, 5) is 2.56. The second kappa shape index (κ2) is 6.72. The zero-order chi connectivity index (χ0) is 12.1. The van der Waals surface area contributed by atoms with E-state index in [0.717, 1.165) is 18.7 Å². The Morgan fingerprint density at radius 1 is 1.18 bits per heavy atom. The van der Waals surface area contributed by atoms with Gasteiger partial charge in [0.2, 0.25) is 0 Å². The van der Waals surface area contributed by atoms with Gasteiger partial charge in [0.15, 0.2) is 0 Å². The van der Waals surface area contributed by atoms with E-state index >= 15 is 0 Å². The molecule has 1 aliphatic carbocycles. The molecule has 1 heterocycles. The van der Waals surface area contributed by atoms with Gasteiger partial charge < -0.3 is 15.0 Å². The molecule has 0 spiro atoms. The summed E-state index contributed by atoms with van der Waals surface area (Å²) < 4.78 is 5.69. The first-order valence-electron chi connectivity index (χ1n) is 7.28. The van der Waals surface area contributed by atoms with Crippen LogP contribution >= 0.6 is 0 Å². The van der Waals surface area contributed by atoms with E-state index in [9.17, 15) is 0 Å². The normalized spacial score (nSPS) is 34.4. The summed E-state index contributed by atoms with van der Waals surface area (Å²) in [6.07, 6.45) is 9.70. The highest BCUT2D eigenvalue weighted by atomic mass is 16.5. The maximum atomic E-state index is 5.69. The average Bonchev–Trinajstić information content (AvgIpc) is 2.89. The van der Waals surface area contributed by atoms with Gasteiger partial charge in [0, 0.05) is 25.2 Å². The second-order valence-electron chi connectivity index (χ2n) is 5.70. The minimum atomic E-state index is 0.547. The van der Waals surface area contributed by atoms with Crippen LogP contribution in [0.3, 0.4) is 0 Å². The summed E-state index contributed by atoms with van der Waals surface area (Å²) in [6, 6.07) is 1.57. The second-order valence-corrected chi connectivity index (χ2v) is 5.70. The Morgan fingerprint density at radius 2 is 1.94 bits per heavy atom. The summed E-state index contributed by atoms with van der Waals surface area (Å²) in [6.45, 7) is 2.20. The van der Waals surface area contributed by atoms with Crippen molar-refractivity contribution in [2.24, 2.45) is 0 Å². The molecule has 0 bridgehead atoms. The highest BCUT2D eigenvalue weighted by Gasteiger charge is 2.24. The number of hydrogen-bond acceptors (Lipinski definition) is 3. The molecule has 17 heavy (non-hydrogen) atoms. The van der Waals surface area contributed by atoms with Crippen molar-refractivity contribution >= 4 is 0 Å². The van der Waals surface area contributed by atoms with E-state index in [-0.39, 0.29) is 0 Å². The largest absolute Gasteiger partial charge is 0.378 e. The fourth-order valence-electron chi connectivity index (χ4n) is 3.21. The van der Waals surface area contributed by atoms with E-state index in [1.807, 2.05) is 0 Å². The minimum absolute atomic E-state index is 0.547. The molecule has 0 radical (unpaired) electrons. The van der Waals surface area contributed by atoms with Gasteiger partial charge in [-0.25, -0.2) is 0 Å². The van der Waals surface area contributed by atoms with Gasteiger partial charge >= 0.3 is 0 Å². The number of nitrogens with one attached hydrogen (secondary N) is 1. The molecule has 100 valence electrons. The van der Waals surface area contributed by atoms with Crippen molar-refractivity contribution in [3.63, 3.8) is 0 Å². The van der Waals surface area contributed by atoms with E-state index < -0.39 is 0 Å². The van der Waals surface area contributed by atoms with Gasteiger partial charge in [-0.3, -0.25) is 0 Å². The highest BCUT2D eigenvalue weighted by molar-refractivity contribution is 4.81. The van der Waals surface area contributed by atoms with Gasteiger partial charge in [-0.05, 0) is 59.0 Å². The van der Waals surface area contributed by atoms with E-state index in [0.29, 0.717) is 6.10 Å². The topological polar surface area (TPSA) is 24.5 Å². The molecule has 1 unspecified atom stereocenters. The van der Waals surface area contributed by atoms with E-state index in [2.05, 4.69) is 24.3 Å². The average molecular weight is 240 g/mol. The summed E-state index contributed by atoms with van der Waals surface area (Å²) >= 11 is 0. The first kappa shape index (κ1) is 13.3. The van der Waals surface area contributed by atoms with Crippen molar-refractivity contribution in [2.45, 2.75) is 63.1 Å². The SMILES string of the molecule is CNC1CCC(N(C)CCC2CCCO2)CC1. The Hall–Kier alpha value is -0.120. The van der Waals surface area contributed by atoms with Crippen molar-refractivity contribution in [1.29, 1.82) is 0 Å². The first-order chi connectivity index (χ1) is 8.29. The van der Waals surface area contributed by atoms with Gasteiger partial charge in [-0.1, -0.05) is 0 Å². The van der Waals surface area contributed by atoms with Crippen molar-refractivity contribution in [1.82, 2.24) is 10.2 Å². The van der Waals surface area contributed by atoms with E-state index in [4.69, 9.17) is 4.74 Å². The van der Waals surface area contributed by atoms with Crippen LogP contribution in [0.15, 0.2) is 0 Å². The molecule has 3 heteroatoms. The third kappa shape index (κ3) is 3.94. The summed E-state index contributed by atoms with van der Waals surface area (Å²) in [5, 5.41) is 3.40. The van der Waals surface area contributed by atoms with Crippen LogP contribution in [0.5, 0.6) is 0 Å². The summed E-state index contributed by atoms with van der Waals surface area (Å²) in [5.41, 5.74) is 0. The highest BCUT2D eigenvalue weighted by Crippen LogP contribution is 2.23. The molecule has 2 rings (SSSR count). The van der Waals surface area contributed by atoms with Crippen LogP contribution in [0.1, 0.15) is 44.9 Å². The molecule has 0 aromatic carbocycles. The standard InChI is InChI=1S/C14H28N2O/c1-15-12-5-7-13(8-6-12)16(2)10-9-14-4-3-11-17-14/h12-15H,3-11H2,1-2H3. The van der Waals surface area contributed by atoms with Crippen molar-refractivity contribution < 1.29 is 4.74 Å². The first-order valence-corrected chi connectivity index (χ1v) is 7.28. The molecule has 1 saturated carbocycles. The van der Waals surface area contributed by atoms with Gasteiger partial charge in [0.1, 0.15) is 0 Å². The molecule has 0 amide bonds. The molecule has 1 saturated heterocycles. The number of ether oxygens (including phenoxy) is 1. The van der Waals surface area contributed by atoms with Crippen LogP contribution in [0.25, 0.3) is 0 Å². The van der Waals surface area contributed by atoms with Gasteiger partial charge in [-0.2, -0.15) is 0 Å². The summed E-state index contributed by atoms with van der Waals surface area (Å²) in [7, 11) is 4.38. The Morgan fingerprint density at radius 3 is 2.53 bits per heavy atom. The lowest BCUT2D eigenvalue weighted by Crippen LogP contribution is -2.40. The van der Waals surface area contributed by atoms with Crippen LogP contribution in [-0.4, -0.2) is 50.3 Å². The van der Waals surface area contributed by atoms with Crippen LogP contribution in [-0.2, 0) is 4.74 Å². The molecule has 0 aromatic heterocycles. The summed E-state index contributed by atoms with van der Waals surface area (Å²) in [5.74, 6) is 0. The third-order valence-corrected chi connectivity index (χ3v) is 4.56. The molecule has 1 aliphatic heterocycles. The smallest absolute Gasteiger partial charge is 0.0588 e. The lowest BCUT2D eigenvalue weighted by atomic mass is 9.90. The van der Waals surface area contributed by atoms with Gasteiger partial charge in [0.05, 0.1) is 6.10 Å².